The molecule has 0 aromatic carbocycles. The van der Waals surface area contributed by atoms with E-state index in [1.165, 1.54) is 64.2 Å². The maximum atomic E-state index is 12.5. The molecule has 10 heteroatoms. The number of quaternary nitrogens is 1. The van der Waals surface area contributed by atoms with Crippen molar-refractivity contribution in [1.82, 2.24) is 0 Å². The topological polar surface area (TPSA) is 114 Å². The molecular weight excluding hydrogens is 701 g/mol. The molecule has 0 saturated carbocycles. The summed E-state index contributed by atoms with van der Waals surface area (Å²) in [5.41, 5.74) is 0. The van der Waals surface area contributed by atoms with Gasteiger partial charge >= 0.3 is 5.97 Å². The van der Waals surface area contributed by atoms with Crippen LogP contribution in [0.25, 0.3) is 0 Å². The zero-order valence-corrected chi connectivity index (χ0v) is 35.9. The van der Waals surface area contributed by atoms with E-state index in [-0.39, 0.29) is 32.2 Å². The third kappa shape index (κ3) is 39.7. The van der Waals surface area contributed by atoms with Gasteiger partial charge in [0.15, 0.2) is 6.10 Å². The fraction of sp³-hybridized carbons (Fsp3) is 0.750. The molecule has 0 aliphatic rings. The Morgan fingerprint density at radius 1 is 0.722 bits per heavy atom. The van der Waals surface area contributed by atoms with E-state index in [9.17, 15) is 19.4 Å². The lowest BCUT2D eigenvalue weighted by Crippen LogP contribution is -2.37. The zero-order valence-electron chi connectivity index (χ0n) is 35.0. The van der Waals surface area contributed by atoms with Crippen LogP contribution in [0.4, 0.5) is 0 Å². The SMILES string of the molecule is CC/C=C/C/C=C/C=C/C(O)CCCCCCCC(=O)OC[C@H](COP(=O)([O-])OCC[N+](C)(C)C)O/C=C/CCCCCCCC/C=C\CCCCCC. The van der Waals surface area contributed by atoms with Crippen LogP contribution in [-0.2, 0) is 27.9 Å². The molecule has 0 rings (SSSR count). The summed E-state index contributed by atoms with van der Waals surface area (Å²) < 4.78 is 34.2. The lowest BCUT2D eigenvalue weighted by atomic mass is 10.1. The molecule has 0 fully saturated rings. The Hall–Kier alpha value is -2.00. The number of hydrogen-bond acceptors (Lipinski definition) is 8. The number of aliphatic hydroxyl groups excluding tert-OH is 1. The first-order valence-electron chi connectivity index (χ1n) is 21.2. The Bertz CT molecular complexity index is 1070. The lowest BCUT2D eigenvalue weighted by molar-refractivity contribution is -0.870. The van der Waals surface area contributed by atoms with E-state index >= 15 is 0 Å². The van der Waals surface area contributed by atoms with Crippen molar-refractivity contribution in [2.24, 2.45) is 0 Å². The minimum atomic E-state index is -4.54. The second-order valence-corrected chi connectivity index (χ2v) is 16.6. The van der Waals surface area contributed by atoms with Gasteiger partial charge in [0, 0.05) is 6.42 Å². The van der Waals surface area contributed by atoms with Crippen LogP contribution in [0.3, 0.4) is 0 Å². The fourth-order valence-corrected chi connectivity index (χ4v) is 6.08. The quantitative estimate of drug-likeness (QED) is 0.0125. The van der Waals surface area contributed by atoms with Gasteiger partial charge in [0.1, 0.15) is 19.8 Å². The number of likely N-dealkylation sites (N-methyl/N-ethyl adjacent to an activating group) is 1. The molecule has 0 radical (unpaired) electrons. The summed E-state index contributed by atoms with van der Waals surface area (Å²) in [5.74, 6) is -0.352. The minimum Gasteiger partial charge on any atom is -0.756 e. The van der Waals surface area contributed by atoms with Crippen molar-refractivity contribution in [1.29, 1.82) is 0 Å². The zero-order chi connectivity index (χ0) is 40.0. The summed E-state index contributed by atoms with van der Waals surface area (Å²) in [6.45, 7) is 4.43. The van der Waals surface area contributed by atoms with Crippen LogP contribution in [0.2, 0.25) is 0 Å². The van der Waals surface area contributed by atoms with Crippen molar-refractivity contribution < 1.29 is 42.4 Å². The predicted molar refractivity (Wildman–Crippen MR) is 223 cm³/mol. The molecular formula is C44H80NO8P. The van der Waals surface area contributed by atoms with E-state index < -0.39 is 20.0 Å². The Balaban J connectivity index is 4.41. The minimum absolute atomic E-state index is 0.00753. The van der Waals surface area contributed by atoms with Crippen LogP contribution in [-0.4, -0.2) is 75.3 Å². The van der Waals surface area contributed by atoms with Crippen LogP contribution in [0.15, 0.2) is 60.9 Å². The summed E-state index contributed by atoms with van der Waals surface area (Å²) in [6.07, 6.45) is 42.1. The normalized spacial score (nSPS) is 14.9. The van der Waals surface area contributed by atoms with Crippen LogP contribution in [0.1, 0.15) is 155 Å². The van der Waals surface area contributed by atoms with E-state index in [0.717, 1.165) is 64.2 Å². The number of carbonyl (C=O) groups excluding carboxylic acids is 1. The summed E-state index contributed by atoms with van der Waals surface area (Å²) >= 11 is 0. The number of aliphatic hydroxyl groups is 1. The number of phosphoric ester groups is 1. The van der Waals surface area contributed by atoms with Gasteiger partial charge in [-0.05, 0) is 70.3 Å². The molecule has 54 heavy (non-hydrogen) atoms. The van der Waals surface area contributed by atoms with Crippen LogP contribution < -0.4 is 4.89 Å². The number of unbranched alkanes of at least 4 members (excludes halogenated alkanes) is 15. The number of phosphoric acid groups is 1. The maximum Gasteiger partial charge on any atom is 0.305 e. The summed E-state index contributed by atoms with van der Waals surface area (Å²) in [7, 11) is 1.29. The smallest absolute Gasteiger partial charge is 0.305 e. The highest BCUT2D eigenvalue weighted by molar-refractivity contribution is 7.45. The standard InChI is InChI=1S/C44H80NO8P/c1-6-8-10-12-14-15-16-17-18-19-20-21-22-24-29-33-38-50-43(41-53-54(48,49)52-39-37-45(3,4)5)40-51-44(47)36-32-28-25-27-31-35-42(46)34-30-26-23-13-11-9-7-2/h9,11,15-16,23,26,30,33-34,38,42-43,46H,6-8,10,12-14,17-22,24-25,27-29,31-32,35-37,39-41H2,1-5H3/b11-9+,16-15-,26-23+,34-30+,38-33+/t42?,43-/m1/s1. The van der Waals surface area contributed by atoms with Gasteiger partial charge < -0.3 is 33.0 Å². The Kier molecular flexibility index (Phi) is 35.3. The molecule has 0 aliphatic carbocycles. The molecule has 314 valence electrons. The Labute approximate surface area is 331 Å². The van der Waals surface area contributed by atoms with Gasteiger partial charge in [-0.1, -0.05) is 133 Å². The van der Waals surface area contributed by atoms with Gasteiger partial charge in [-0.15, -0.1) is 0 Å². The Morgan fingerprint density at radius 3 is 1.98 bits per heavy atom. The first-order chi connectivity index (χ1) is 26.0. The highest BCUT2D eigenvalue weighted by atomic mass is 31.2. The first kappa shape index (κ1) is 52.0. The molecule has 2 unspecified atom stereocenters. The second kappa shape index (κ2) is 36.6. The first-order valence-corrected chi connectivity index (χ1v) is 22.6. The number of allylic oxidation sites excluding steroid dienone is 8. The molecule has 9 nitrogen and oxygen atoms in total. The van der Waals surface area contributed by atoms with Crippen molar-refractivity contribution in [2.45, 2.75) is 167 Å². The number of esters is 1. The van der Waals surface area contributed by atoms with Crippen molar-refractivity contribution >= 4 is 13.8 Å². The van der Waals surface area contributed by atoms with Gasteiger partial charge in [0.05, 0.1) is 40.1 Å². The van der Waals surface area contributed by atoms with E-state index in [1.807, 2.05) is 45.4 Å². The third-order valence-electron chi connectivity index (χ3n) is 8.75. The van der Waals surface area contributed by atoms with Crippen molar-refractivity contribution in [2.75, 3.05) is 47.5 Å². The van der Waals surface area contributed by atoms with Crippen molar-refractivity contribution in [3.8, 4) is 0 Å². The molecule has 0 saturated heterocycles. The molecule has 0 spiro atoms. The number of carbonyl (C=O) groups is 1. The largest absolute Gasteiger partial charge is 0.756 e. The van der Waals surface area contributed by atoms with Gasteiger partial charge in [-0.2, -0.15) is 0 Å². The van der Waals surface area contributed by atoms with Gasteiger partial charge in [0.25, 0.3) is 7.82 Å². The van der Waals surface area contributed by atoms with Crippen molar-refractivity contribution in [3.63, 3.8) is 0 Å². The van der Waals surface area contributed by atoms with E-state index in [2.05, 4.69) is 44.2 Å². The van der Waals surface area contributed by atoms with Crippen LogP contribution >= 0.6 is 7.82 Å². The monoisotopic (exact) mass is 782 g/mol. The lowest BCUT2D eigenvalue weighted by Gasteiger charge is -2.28. The molecule has 0 aliphatic heterocycles. The molecule has 0 aromatic rings. The molecule has 0 amide bonds. The number of rotatable bonds is 38. The summed E-state index contributed by atoms with van der Waals surface area (Å²) in [6, 6.07) is 0. The second-order valence-electron chi connectivity index (χ2n) is 15.2. The maximum absolute atomic E-state index is 12.5. The van der Waals surface area contributed by atoms with E-state index in [1.54, 1.807) is 6.26 Å². The number of hydrogen-bond donors (Lipinski definition) is 1. The van der Waals surface area contributed by atoms with E-state index in [0.29, 0.717) is 17.4 Å². The molecule has 0 heterocycles. The Morgan fingerprint density at radius 2 is 1.33 bits per heavy atom. The predicted octanol–water partition coefficient (Wildman–Crippen LogP) is 10.8. The number of ether oxygens (including phenoxy) is 2. The number of nitrogens with zero attached hydrogens (tertiary/aromatic N) is 1. The van der Waals surface area contributed by atoms with Crippen molar-refractivity contribution in [3.05, 3.63) is 60.9 Å². The molecule has 1 N–H and O–H groups in total. The van der Waals surface area contributed by atoms with Crippen LogP contribution in [0.5, 0.6) is 0 Å². The summed E-state index contributed by atoms with van der Waals surface area (Å²) in [4.78, 5) is 24.8. The molecule has 0 aromatic heterocycles. The van der Waals surface area contributed by atoms with Gasteiger partial charge in [-0.3, -0.25) is 9.36 Å². The van der Waals surface area contributed by atoms with Gasteiger partial charge in [-0.25, -0.2) is 0 Å². The average molecular weight is 782 g/mol. The van der Waals surface area contributed by atoms with Gasteiger partial charge in [0.2, 0.25) is 0 Å². The summed E-state index contributed by atoms with van der Waals surface area (Å²) in [5, 5.41) is 10.1. The van der Waals surface area contributed by atoms with Crippen LogP contribution in [0, 0.1) is 0 Å². The fourth-order valence-electron chi connectivity index (χ4n) is 5.35. The molecule has 3 atom stereocenters. The highest BCUT2D eigenvalue weighted by Gasteiger charge is 2.19. The third-order valence-corrected chi connectivity index (χ3v) is 9.71. The molecule has 0 bridgehead atoms. The van der Waals surface area contributed by atoms with E-state index in [4.69, 9.17) is 18.5 Å². The average Bonchev–Trinajstić information content (AvgIpc) is 3.12. The highest BCUT2D eigenvalue weighted by Crippen LogP contribution is 2.38.